The first-order valence-electron chi connectivity index (χ1n) is 11.6. The molecular formula is C26H25Cl2F3N6S. The number of aromatic nitrogens is 4. The van der Waals surface area contributed by atoms with Gasteiger partial charge in [0.25, 0.3) is 0 Å². The van der Waals surface area contributed by atoms with Crippen molar-refractivity contribution in [3.63, 3.8) is 0 Å². The van der Waals surface area contributed by atoms with Crippen LogP contribution < -0.4 is 10.6 Å². The zero-order valence-corrected chi connectivity index (χ0v) is 23.4. The Morgan fingerprint density at radius 1 is 0.868 bits per heavy atom. The van der Waals surface area contributed by atoms with E-state index in [-0.39, 0.29) is 6.54 Å². The van der Waals surface area contributed by atoms with E-state index < -0.39 is 11.7 Å². The summed E-state index contributed by atoms with van der Waals surface area (Å²) in [5, 5.41) is 17.0. The van der Waals surface area contributed by atoms with Crippen LogP contribution in [0.5, 0.6) is 0 Å². The lowest BCUT2D eigenvalue weighted by Crippen LogP contribution is -2.21. The van der Waals surface area contributed by atoms with Gasteiger partial charge in [-0.25, -0.2) is 0 Å². The highest BCUT2D eigenvalue weighted by atomic mass is 35.5. The van der Waals surface area contributed by atoms with E-state index in [9.17, 15) is 13.2 Å². The fraction of sp³-hybridized carbons (Fsp3) is 0.269. The molecule has 0 aliphatic rings. The van der Waals surface area contributed by atoms with Gasteiger partial charge < -0.3 is 10.6 Å². The van der Waals surface area contributed by atoms with Crippen molar-refractivity contribution in [2.24, 2.45) is 0 Å². The van der Waals surface area contributed by atoms with Crippen LogP contribution in [-0.2, 0) is 19.3 Å². The number of halogens is 5. The molecule has 4 aromatic rings. The molecule has 0 aliphatic carbocycles. The van der Waals surface area contributed by atoms with Crippen LogP contribution in [0.4, 0.5) is 24.5 Å². The highest BCUT2D eigenvalue weighted by molar-refractivity contribution is 7.80. The van der Waals surface area contributed by atoms with Gasteiger partial charge in [-0.3, -0.25) is 9.36 Å². The molecule has 0 saturated carbocycles. The van der Waals surface area contributed by atoms with Gasteiger partial charge in [-0.2, -0.15) is 23.4 Å². The number of aryl methyl sites for hydroxylation is 2. The van der Waals surface area contributed by atoms with Crippen LogP contribution in [0.1, 0.15) is 39.5 Å². The summed E-state index contributed by atoms with van der Waals surface area (Å²) >= 11 is 17.9. The lowest BCUT2D eigenvalue weighted by atomic mass is 10.1. The van der Waals surface area contributed by atoms with Crippen molar-refractivity contribution in [2.75, 3.05) is 10.6 Å². The first-order chi connectivity index (χ1) is 17.8. The Balaban J connectivity index is 1.48. The number of benzene rings is 2. The molecule has 4 rings (SSSR count). The second-order valence-electron chi connectivity index (χ2n) is 8.92. The molecule has 6 nitrogen and oxygen atoms in total. The topological polar surface area (TPSA) is 59.7 Å². The van der Waals surface area contributed by atoms with Crippen molar-refractivity contribution in [1.82, 2.24) is 19.6 Å². The van der Waals surface area contributed by atoms with Gasteiger partial charge in [-0.15, -0.1) is 0 Å². The second-order valence-corrected chi connectivity index (χ2v) is 10.2. The second kappa shape index (κ2) is 11.0. The summed E-state index contributed by atoms with van der Waals surface area (Å²) in [4.78, 5) is 0. The summed E-state index contributed by atoms with van der Waals surface area (Å²) in [7, 11) is 0. The molecule has 200 valence electrons. The Kier molecular flexibility index (Phi) is 8.06. The fourth-order valence-corrected chi connectivity index (χ4v) is 4.82. The summed E-state index contributed by atoms with van der Waals surface area (Å²) in [6, 6.07) is 10.6. The monoisotopic (exact) mass is 580 g/mol. The highest BCUT2D eigenvalue weighted by Crippen LogP contribution is 2.30. The van der Waals surface area contributed by atoms with E-state index in [1.807, 2.05) is 38.4 Å². The molecule has 0 radical (unpaired) electrons. The Labute approximate surface area is 233 Å². The third kappa shape index (κ3) is 6.14. The van der Waals surface area contributed by atoms with E-state index in [1.54, 1.807) is 22.9 Å². The maximum absolute atomic E-state index is 13.1. The molecule has 2 aromatic carbocycles. The van der Waals surface area contributed by atoms with E-state index in [4.69, 9.17) is 35.4 Å². The predicted octanol–water partition coefficient (Wildman–Crippen LogP) is 7.54. The molecule has 0 fully saturated rings. The van der Waals surface area contributed by atoms with Crippen LogP contribution in [0.25, 0.3) is 0 Å². The largest absolute Gasteiger partial charge is 0.416 e. The van der Waals surface area contributed by atoms with Crippen LogP contribution in [-0.4, -0.2) is 24.7 Å². The quantitative estimate of drug-likeness (QED) is 0.231. The number of thiocarbonyl (C=S) groups is 1. The minimum absolute atomic E-state index is 0.191. The van der Waals surface area contributed by atoms with Gasteiger partial charge in [-0.05, 0) is 75.3 Å². The predicted molar refractivity (Wildman–Crippen MR) is 149 cm³/mol. The zero-order chi connectivity index (χ0) is 27.8. The highest BCUT2D eigenvalue weighted by Gasteiger charge is 2.30. The fourth-order valence-electron chi connectivity index (χ4n) is 4.15. The van der Waals surface area contributed by atoms with Crippen LogP contribution >= 0.6 is 35.4 Å². The van der Waals surface area contributed by atoms with Crippen molar-refractivity contribution in [3.8, 4) is 0 Å². The summed E-state index contributed by atoms with van der Waals surface area (Å²) in [5.41, 5.74) is 5.17. The van der Waals surface area contributed by atoms with E-state index in [1.165, 1.54) is 6.07 Å². The first-order valence-corrected chi connectivity index (χ1v) is 12.8. The zero-order valence-electron chi connectivity index (χ0n) is 21.0. The molecule has 0 atom stereocenters. The van der Waals surface area contributed by atoms with Crippen molar-refractivity contribution >= 4 is 51.9 Å². The molecule has 38 heavy (non-hydrogen) atoms. The number of anilines is 2. The standard InChI is InChI=1S/C26H25Cl2F3N6S/c1-14-23(16(3)36(34-14)12-18-6-5-7-20(10-18)26(29,30)31)32-25(38)33-24-15(2)35-37(17(24)4)13-19-8-9-21(27)11-22(19)28/h5-11H,12-13H2,1-4H3,(H2,32,33,38). The minimum atomic E-state index is -4.40. The molecule has 2 heterocycles. The average Bonchev–Trinajstić information content (AvgIpc) is 3.24. The van der Waals surface area contributed by atoms with Gasteiger partial charge in [0.05, 0.1) is 52.8 Å². The van der Waals surface area contributed by atoms with Gasteiger partial charge in [0, 0.05) is 10.0 Å². The summed E-state index contributed by atoms with van der Waals surface area (Å²) in [6.45, 7) is 8.11. The van der Waals surface area contributed by atoms with Gasteiger partial charge >= 0.3 is 6.18 Å². The Hall–Kier alpha value is -3.08. The smallest absolute Gasteiger partial charge is 0.329 e. The van der Waals surface area contributed by atoms with Crippen molar-refractivity contribution < 1.29 is 13.2 Å². The van der Waals surface area contributed by atoms with Crippen LogP contribution in [0, 0.1) is 27.7 Å². The van der Waals surface area contributed by atoms with Gasteiger partial charge in [0.2, 0.25) is 0 Å². The number of nitrogens with zero attached hydrogens (tertiary/aromatic N) is 4. The van der Waals surface area contributed by atoms with Crippen molar-refractivity contribution in [2.45, 2.75) is 47.0 Å². The lowest BCUT2D eigenvalue weighted by Gasteiger charge is -2.13. The van der Waals surface area contributed by atoms with Crippen LogP contribution in [0.2, 0.25) is 10.0 Å². The van der Waals surface area contributed by atoms with Crippen molar-refractivity contribution in [3.05, 3.63) is 92.0 Å². The molecule has 0 bridgehead atoms. The molecule has 0 unspecified atom stereocenters. The maximum Gasteiger partial charge on any atom is 0.416 e. The molecule has 0 spiro atoms. The molecule has 12 heteroatoms. The number of rotatable bonds is 6. The van der Waals surface area contributed by atoms with Crippen LogP contribution in [0.3, 0.4) is 0 Å². The summed E-state index contributed by atoms with van der Waals surface area (Å²) in [5.74, 6) is 0. The average molecular weight is 581 g/mol. The van der Waals surface area contributed by atoms with E-state index in [0.717, 1.165) is 40.5 Å². The van der Waals surface area contributed by atoms with E-state index >= 15 is 0 Å². The summed E-state index contributed by atoms with van der Waals surface area (Å²) in [6.07, 6.45) is -4.40. The number of alkyl halides is 3. The third-order valence-corrected chi connectivity index (χ3v) is 6.95. The normalized spacial score (nSPS) is 11.6. The third-order valence-electron chi connectivity index (χ3n) is 6.16. The molecular weight excluding hydrogens is 556 g/mol. The molecule has 0 amide bonds. The van der Waals surface area contributed by atoms with E-state index in [0.29, 0.717) is 38.6 Å². The van der Waals surface area contributed by atoms with Gasteiger partial charge in [0.15, 0.2) is 5.11 Å². The van der Waals surface area contributed by atoms with Crippen molar-refractivity contribution in [1.29, 1.82) is 0 Å². The van der Waals surface area contributed by atoms with Gasteiger partial charge in [-0.1, -0.05) is 41.4 Å². The lowest BCUT2D eigenvalue weighted by molar-refractivity contribution is -0.137. The number of nitrogens with one attached hydrogen (secondary N) is 2. The SMILES string of the molecule is Cc1nn(Cc2cccc(C(F)(F)F)c2)c(C)c1NC(=S)Nc1c(C)nn(Cc2ccc(Cl)cc2Cl)c1C. The molecule has 0 saturated heterocycles. The Morgan fingerprint density at radius 3 is 2.00 bits per heavy atom. The molecule has 2 N–H and O–H groups in total. The van der Waals surface area contributed by atoms with Gasteiger partial charge in [0.1, 0.15) is 0 Å². The molecule has 2 aromatic heterocycles. The van der Waals surface area contributed by atoms with E-state index in [2.05, 4.69) is 20.8 Å². The maximum atomic E-state index is 13.1. The Morgan fingerprint density at radius 2 is 1.45 bits per heavy atom. The number of hydrogen-bond acceptors (Lipinski definition) is 3. The Bertz CT molecular complexity index is 1510. The molecule has 0 aliphatic heterocycles. The summed E-state index contributed by atoms with van der Waals surface area (Å²) < 4.78 is 42.8. The van der Waals surface area contributed by atoms with Crippen LogP contribution in [0.15, 0.2) is 42.5 Å². The first kappa shape index (κ1) is 27.9. The number of hydrogen-bond donors (Lipinski definition) is 2. The minimum Gasteiger partial charge on any atom is -0.329 e.